The molecule has 0 aliphatic heterocycles. The smallest absolute Gasteiger partial charge is 0.152 e. The monoisotopic (exact) mass is 612 g/mol. The Kier molecular flexibility index (Phi) is 13.1. The van der Waals surface area contributed by atoms with Crippen molar-refractivity contribution in [1.29, 1.82) is 0 Å². The summed E-state index contributed by atoms with van der Waals surface area (Å²) in [6.07, 6.45) is 21.7. The van der Waals surface area contributed by atoms with Gasteiger partial charge < -0.3 is 0 Å². The van der Waals surface area contributed by atoms with Crippen LogP contribution in [0.5, 0.6) is 0 Å². The van der Waals surface area contributed by atoms with Gasteiger partial charge in [0.25, 0.3) is 0 Å². The third-order valence-electron chi connectivity index (χ3n) is 7.64. The lowest BCUT2D eigenvalue weighted by atomic mass is 10.1. The lowest BCUT2D eigenvalue weighted by molar-refractivity contribution is 0.111. The minimum Gasteiger partial charge on any atom is -0.298 e. The van der Waals surface area contributed by atoms with Crippen LogP contribution in [0.4, 0.5) is 0 Å². The van der Waals surface area contributed by atoms with E-state index in [2.05, 4.69) is 38.1 Å². The predicted molar refractivity (Wildman–Crippen MR) is 179 cm³/mol. The summed E-state index contributed by atoms with van der Waals surface area (Å²) in [5.41, 5.74) is 1.58. The van der Waals surface area contributed by atoms with E-state index < -0.39 is 0 Å². The average Bonchev–Trinajstić information content (AvgIpc) is 3.73. The zero-order chi connectivity index (χ0) is 28.2. The maximum absolute atomic E-state index is 12.2. The highest BCUT2D eigenvalue weighted by atomic mass is 32.1. The van der Waals surface area contributed by atoms with Crippen molar-refractivity contribution in [2.75, 3.05) is 0 Å². The minimum atomic E-state index is 0.779. The molecule has 0 N–H and O–H groups in total. The van der Waals surface area contributed by atoms with Crippen molar-refractivity contribution in [3.05, 3.63) is 64.7 Å². The molecule has 4 heterocycles. The van der Waals surface area contributed by atoms with E-state index in [9.17, 15) is 9.59 Å². The summed E-state index contributed by atoms with van der Waals surface area (Å²) >= 11 is 7.06. The molecule has 0 atom stereocenters. The van der Waals surface area contributed by atoms with Crippen molar-refractivity contribution in [2.45, 2.75) is 117 Å². The van der Waals surface area contributed by atoms with Gasteiger partial charge in [-0.1, -0.05) is 78.1 Å². The summed E-state index contributed by atoms with van der Waals surface area (Å²) in [6.45, 7) is 4.52. The molecule has 0 unspecified atom stereocenters. The molecule has 0 aliphatic carbocycles. The Morgan fingerprint density at radius 1 is 0.500 bits per heavy atom. The van der Waals surface area contributed by atoms with Gasteiger partial charge in [-0.2, -0.15) is 0 Å². The standard InChI is InChI=1S/C34H44O2S4/c1-3-5-7-9-11-13-15-25-17-19-27(37-25)21-31-29(23-35)33-34(39-31)30(24-36)32(40-33)22-28-20-18-26(38-28)16-14-12-10-8-6-4-2/h17-20,23-24H,3-16,21-22H2,1-2H3. The largest absolute Gasteiger partial charge is 0.298 e. The van der Waals surface area contributed by atoms with E-state index in [0.717, 1.165) is 68.5 Å². The molecule has 40 heavy (non-hydrogen) atoms. The van der Waals surface area contributed by atoms with E-state index in [-0.39, 0.29) is 0 Å². The van der Waals surface area contributed by atoms with E-state index >= 15 is 0 Å². The third kappa shape index (κ3) is 8.70. The molecule has 0 saturated carbocycles. The molecule has 2 nitrogen and oxygen atoms in total. The molecule has 4 aromatic heterocycles. The predicted octanol–water partition coefficient (Wildman–Crippen LogP) is 11.7. The van der Waals surface area contributed by atoms with Crippen molar-refractivity contribution in [1.82, 2.24) is 0 Å². The molecule has 6 heteroatoms. The van der Waals surface area contributed by atoms with E-state index in [1.54, 1.807) is 22.7 Å². The van der Waals surface area contributed by atoms with Gasteiger partial charge in [-0.3, -0.25) is 9.59 Å². The molecule has 4 rings (SSSR count). The van der Waals surface area contributed by atoms with Gasteiger partial charge in [0, 0.05) is 53.2 Å². The summed E-state index contributed by atoms with van der Waals surface area (Å²) < 4.78 is 2.00. The van der Waals surface area contributed by atoms with Crippen LogP contribution in [0.15, 0.2) is 24.3 Å². The number of aldehydes is 2. The topological polar surface area (TPSA) is 34.1 Å². The van der Waals surface area contributed by atoms with Crippen LogP contribution in [0.2, 0.25) is 0 Å². The minimum absolute atomic E-state index is 0.779. The quantitative estimate of drug-likeness (QED) is 0.0735. The number of hydrogen-bond donors (Lipinski definition) is 0. The van der Waals surface area contributed by atoms with Gasteiger partial charge in [-0.25, -0.2) is 0 Å². The van der Waals surface area contributed by atoms with Crippen LogP contribution < -0.4 is 0 Å². The molecule has 0 aromatic carbocycles. The Morgan fingerprint density at radius 3 is 1.27 bits per heavy atom. The van der Waals surface area contributed by atoms with Gasteiger partial charge in [-0.05, 0) is 49.9 Å². The van der Waals surface area contributed by atoms with Crippen LogP contribution in [-0.2, 0) is 25.7 Å². The van der Waals surface area contributed by atoms with E-state index in [0.29, 0.717) is 0 Å². The van der Waals surface area contributed by atoms with Crippen LogP contribution in [0.25, 0.3) is 9.40 Å². The number of carbonyl (C=O) groups excluding carboxylic acids is 2. The van der Waals surface area contributed by atoms with E-state index in [1.807, 2.05) is 22.7 Å². The molecule has 0 radical (unpaired) electrons. The number of rotatable bonds is 20. The summed E-state index contributed by atoms with van der Waals surface area (Å²) in [7, 11) is 0. The Labute approximate surface area is 256 Å². The normalized spacial score (nSPS) is 11.6. The maximum Gasteiger partial charge on any atom is 0.152 e. The van der Waals surface area contributed by atoms with E-state index in [1.165, 1.54) is 96.6 Å². The second-order valence-corrected chi connectivity index (χ2v) is 15.6. The molecule has 0 saturated heterocycles. The summed E-state index contributed by atoms with van der Waals surface area (Å²) in [5.74, 6) is 0. The zero-order valence-corrected chi connectivity index (χ0v) is 27.5. The fourth-order valence-electron chi connectivity index (χ4n) is 5.34. The fraction of sp³-hybridized carbons (Fsp3) is 0.529. The molecule has 0 fully saturated rings. The van der Waals surface area contributed by atoms with Crippen molar-refractivity contribution in [2.24, 2.45) is 0 Å². The number of aryl methyl sites for hydroxylation is 2. The molecule has 0 aliphatic rings. The molecule has 216 valence electrons. The first-order valence-corrected chi connectivity index (χ1v) is 18.6. The first-order chi connectivity index (χ1) is 19.7. The van der Waals surface area contributed by atoms with Gasteiger partial charge in [0.15, 0.2) is 12.6 Å². The summed E-state index contributed by atoms with van der Waals surface area (Å²) in [4.78, 5) is 32.2. The second-order valence-electron chi connectivity index (χ2n) is 10.9. The van der Waals surface area contributed by atoms with Crippen LogP contribution in [-0.4, -0.2) is 12.6 Å². The van der Waals surface area contributed by atoms with Gasteiger partial charge in [0.1, 0.15) is 0 Å². The Bertz CT molecular complexity index is 1230. The van der Waals surface area contributed by atoms with Crippen LogP contribution in [0.1, 0.15) is 141 Å². The highest BCUT2D eigenvalue weighted by Gasteiger charge is 2.21. The molecular formula is C34H44O2S4. The van der Waals surface area contributed by atoms with Gasteiger partial charge in [-0.15, -0.1) is 45.3 Å². The lowest BCUT2D eigenvalue weighted by Gasteiger charge is -2.00. The molecule has 0 amide bonds. The van der Waals surface area contributed by atoms with Crippen molar-refractivity contribution in [3.63, 3.8) is 0 Å². The van der Waals surface area contributed by atoms with Gasteiger partial charge in [0.05, 0.1) is 9.40 Å². The number of carbonyl (C=O) groups is 2. The second kappa shape index (κ2) is 16.7. The average molecular weight is 613 g/mol. The summed E-state index contributed by atoms with van der Waals surface area (Å²) in [5, 5.41) is 0. The van der Waals surface area contributed by atoms with Gasteiger partial charge >= 0.3 is 0 Å². The molecule has 0 bridgehead atoms. The first kappa shape index (κ1) is 31.3. The highest BCUT2D eigenvalue weighted by molar-refractivity contribution is 7.29. The fourth-order valence-corrected chi connectivity index (χ4v) is 10.5. The molecular weight excluding hydrogens is 569 g/mol. The summed E-state index contributed by atoms with van der Waals surface area (Å²) in [6, 6.07) is 8.98. The highest BCUT2D eigenvalue weighted by Crippen LogP contribution is 2.42. The number of hydrogen-bond acceptors (Lipinski definition) is 6. The van der Waals surface area contributed by atoms with Crippen LogP contribution in [0.3, 0.4) is 0 Å². The van der Waals surface area contributed by atoms with Crippen LogP contribution >= 0.6 is 45.3 Å². The lowest BCUT2D eigenvalue weighted by Crippen LogP contribution is -1.88. The van der Waals surface area contributed by atoms with Gasteiger partial charge in [0.2, 0.25) is 0 Å². The van der Waals surface area contributed by atoms with Crippen molar-refractivity contribution in [3.8, 4) is 0 Å². The Hall–Kier alpha value is -1.60. The molecule has 4 aromatic rings. The van der Waals surface area contributed by atoms with Crippen molar-refractivity contribution < 1.29 is 9.59 Å². The Balaban J connectivity index is 1.37. The van der Waals surface area contributed by atoms with Crippen LogP contribution in [0, 0.1) is 0 Å². The first-order valence-electron chi connectivity index (χ1n) is 15.3. The van der Waals surface area contributed by atoms with E-state index in [4.69, 9.17) is 0 Å². The number of thiophene rings is 4. The number of unbranched alkanes of at least 4 members (excludes halogenated alkanes) is 10. The third-order valence-corrected chi connectivity index (χ3v) is 12.5. The van der Waals surface area contributed by atoms with Crippen molar-refractivity contribution >= 4 is 67.3 Å². The SMILES string of the molecule is CCCCCCCCc1ccc(Cc2sc3c(C=O)c(Cc4ccc(CCCCCCCC)s4)sc3c2C=O)s1. The Morgan fingerprint density at radius 2 is 0.875 bits per heavy atom. The zero-order valence-electron chi connectivity index (χ0n) is 24.2. The molecule has 0 spiro atoms. The number of fused-ring (bicyclic) bond motifs is 1. The maximum atomic E-state index is 12.2.